The molecule has 0 fully saturated rings. The van der Waals surface area contributed by atoms with E-state index in [4.69, 9.17) is 4.74 Å². The van der Waals surface area contributed by atoms with Crippen LogP contribution in [0.25, 0.3) is 10.9 Å². The van der Waals surface area contributed by atoms with Gasteiger partial charge in [0.2, 0.25) is 0 Å². The Labute approximate surface area is 172 Å². The van der Waals surface area contributed by atoms with Crippen LogP contribution in [-0.4, -0.2) is 10.5 Å². The van der Waals surface area contributed by atoms with E-state index in [1.54, 1.807) is 49.5 Å². The highest BCUT2D eigenvalue weighted by Gasteiger charge is 2.14. The molecule has 30 heavy (non-hydrogen) atoms. The van der Waals surface area contributed by atoms with Crippen molar-refractivity contribution < 1.29 is 13.9 Å². The monoisotopic (exact) mass is 402 g/mol. The Balaban J connectivity index is 1.55. The number of ether oxygens (including phenoxy) is 1. The summed E-state index contributed by atoms with van der Waals surface area (Å²) in [4.78, 5) is 25.1. The summed E-state index contributed by atoms with van der Waals surface area (Å²) in [5, 5.41) is 3.51. The third-order valence-electron chi connectivity index (χ3n) is 4.79. The van der Waals surface area contributed by atoms with Gasteiger partial charge >= 0.3 is 0 Å². The third-order valence-corrected chi connectivity index (χ3v) is 4.79. The van der Waals surface area contributed by atoms with Crippen molar-refractivity contribution >= 4 is 22.5 Å². The molecule has 0 bridgehead atoms. The molecule has 3 aromatic carbocycles. The molecule has 0 spiro atoms. The zero-order valence-electron chi connectivity index (χ0n) is 16.3. The molecule has 1 aromatic heterocycles. The van der Waals surface area contributed by atoms with E-state index in [2.05, 4.69) is 5.32 Å². The summed E-state index contributed by atoms with van der Waals surface area (Å²) in [6.07, 6.45) is 0. The summed E-state index contributed by atoms with van der Waals surface area (Å²) >= 11 is 0. The van der Waals surface area contributed by atoms with Crippen molar-refractivity contribution in [3.05, 3.63) is 106 Å². The van der Waals surface area contributed by atoms with Crippen LogP contribution >= 0.6 is 0 Å². The second-order valence-electron chi connectivity index (χ2n) is 6.87. The van der Waals surface area contributed by atoms with Crippen molar-refractivity contribution in [1.29, 1.82) is 0 Å². The molecule has 0 saturated heterocycles. The average Bonchev–Trinajstić information content (AvgIpc) is 2.75. The van der Waals surface area contributed by atoms with Gasteiger partial charge in [0.1, 0.15) is 18.2 Å². The largest absolute Gasteiger partial charge is 0.489 e. The number of carbonyl (C=O) groups excluding carboxylic acids is 1. The number of hydrogen-bond acceptors (Lipinski definition) is 3. The minimum atomic E-state index is -0.383. The second-order valence-corrected chi connectivity index (χ2v) is 6.87. The van der Waals surface area contributed by atoms with Crippen LogP contribution in [0.3, 0.4) is 0 Å². The number of carbonyl (C=O) groups is 1. The first-order valence-electron chi connectivity index (χ1n) is 9.39. The number of nitrogens with zero attached hydrogens (tertiary/aromatic N) is 1. The lowest BCUT2D eigenvalue weighted by molar-refractivity contribution is 0.102. The molecule has 0 unspecified atom stereocenters. The van der Waals surface area contributed by atoms with Crippen molar-refractivity contribution in [2.24, 2.45) is 7.05 Å². The Morgan fingerprint density at radius 1 is 1.00 bits per heavy atom. The fraction of sp³-hybridized carbons (Fsp3) is 0.0833. The van der Waals surface area contributed by atoms with Crippen LogP contribution in [-0.2, 0) is 13.7 Å². The highest BCUT2D eigenvalue weighted by atomic mass is 19.1. The summed E-state index contributed by atoms with van der Waals surface area (Å²) in [5.41, 5.74) is 1.96. The van der Waals surface area contributed by atoms with Crippen LogP contribution in [0, 0.1) is 5.82 Å². The van der Waals surface area contributed by atoms with Gasteiger partial charge in [-0.15, -0.1) is 0 Å². The molecule has 0 radical (unpaired) electrons. The summed E-state index contributed by atoms with van der Waals surface area (Å²) in [6.45, 7) is 0.203. The van der Waals surface area contributed by atoms with Crippen molar-refractivity contribution in [3.8, 4) is 5.75 Å². The number of aryl methyl sites for hydroxylation is 1. The SMILES string of the molecule is Cn1c(=O)cc(C(=O)Nc2cccc(OCc3cccc(F)c3)c2)c2ccccc21. The lowest BCUT2D eigenvalue weighted by Crippen LogP contribution is -2.21. The molecule has 150 valence electrons. The van der Waals surface area contributed by atoms with Gasteiger partial charge < -0.3 is 14.6 Å². The molecule has 4 aromatic rings. The van der Waals surface area contributed by atoms with Crippen LogP contribution in [0.4, 0.5) is 10.1 Å². The minimum Gasteiger partial charge on any atom is -0.489 e. The van der Waals surface area contributed by atoms with E-state index in [9.17, 15) is 14.0 Å². The molecule has 0 aliphatic rings. The predicted molar refractivity (Wildman–Crippen MR) is 114 cm³/mol. The van der Waals surface area contributed by atoms with E-state index in [1.165, 1.54) is 22.8 Å². The second kappa shape index (κ2) is 8.21. The average molecular weight is 402 g/mol. The molecule has 0 aliphatic heterocycles. The lowest BCUT2D eigenvalue weighted by Gasteiger charge is -2.12. The van der Waals surface area contributed by atoms with Gasteiger partial charge in [0, 0.05) is 30.3 Å². The Kier molecular flexibility index (Phi) is 5.30. The van der Waals surface area contributed by atoms with Crippen LogP contribution < -0.4 is 15.6 Å². The topological polar surface area (TPSA) is 60.3 Å². The number of halogens is 1. The summed E-state index contributed by atoms with van der Waals surface area (Å²) in [5.74, 6) is -0.171. The van der Waals surface area contributed by atoms with E-state index < -0.39 is 0 Å². The van der Waals surface area contributed by atoms with Gasteiger partial charge in [-0.3, -0.25) is 9.59 Å². The van der Waals surface area contributed by atoms with Crippen LogP contribution in [0.15, 0.2) is 83.7 Å². The molecule has 1 heterocycles. The molecular formula is C24H19FN2O3. The normalized spacial score (nSPS) is 10.7. The maximum absolute atomic E-state index is 13.3. The zero-order valence-corrected chi connectivity index (χ0v) is 16.3. The molecule has 5 nitrogen and oxygen atoms in total. The Morgan fingerprint density at radius 3 is 2.63 bits per heavy atom. The van der Waals surface area contributed by atoms with Crippen molar-refractivity contribution in [3.63, 3.8) is 0 Å². The minimum absolute atomic E-state index is 0.203. The summed E-state index contributed by atoms with van der Waals surface area (Å²) in [7, 11) is 1.67. The quantitative estimate of drug-likeness (QED) is 0.534. The summed E-state index contributed by atoms with van der Waals surface area (Å²) in [6, 6.07) is 21.7. The number of anilines is 1. The zero-order chi connectivity index (χ0) is 21.1. The first-order chi connectivity index (χ1) is 14.5. The number of rotatable bonds is 5. The highest BCUT2D eigenvalue weighted by Crippen LogP contribution is 2.21. The number of aromatic nitrogens is 1. The van der Waals surface area contributed by atoms with Crippen LogP contribution in [0.2, 0.25) is 0 Å². The lowest BCUT2D eigenvalue weighted by atomic mass is 10.1. The number of nitrogens with one attached hydrogen (secondary N) is 1. The Hall–Kier alpha value is -3.93. The van der Waals surface area contributed by atoms with E-state index in [0.717, 1.165) is 0 Å². The molecule has 0 aliphatic carbocycles. The number of pyridine rings is 1. The summed E-state index contributed by atoms with van der Waals surface area (Å²) < 4.78 is 20.5. The number of fused-ring (bicyclic) bond motifs is 1. The maximum Gasteiger partial charge on any atom is 0.256 e. The van der Waals surface area contributed by atoms with Crippen molar-refractivity contribution in [1.82, 2.24) is 4.57 Å². The molecule has 4 rings (SSSR count). The fourth-order valence-corrected chi connectivity index (χ4v) is 3.25. The van der Waals surface area contributed by atoms with Crippen molar-refractivity contribution in [2.45, 2.75) is 6.61 Å². The first-order valence-corrected chi connectivity index (χ1v) is 9.39. The highest BCUT2D eigenvalue weighted by molar-refractivity contribution is 6.12. The standard InChI is InChI=1S/C24H19FN2O3/c1-27-22-11-3-2-10-20(22)21(14-23(27)28)24(29)26-18-8-5-9-19(13-18)30-15-16-6-4-7-17(25)12-16/h2-14H,15H2,1H3,(H,26,29). The van der Waals surface area contributed by atoms with Crippen LogP contribution in [0.1, 0.15) is 15.9 Å². The number of benzene rings is 3. The third kappa shape index (κ3) is 4.07. The van der Waals surface area contributed by atoms with Crippen molar-refractivity contribution in [2.75, 3.05) is 5.32 Å². The van der Waals surface area contributed by atoms with Gasteiger partial charge in [-0.05, 0) is 35.9 Å². The molecule has 1 amide bonds. The molecule has 0 saturated carbocycles. The van der Waals surface area contributed by atoms with Gasteiger partial charge in [0.05, 0.1) is 11.1 Å². The Morgan fingerprint density at radius 2 is 1.80 bits per heavy atom. The molecule has 1 N–H and O–H groups in total. The molecule has 0 atom stereocenters. The van der Waals surface area contributed by atoms with Gasteiger partial charge in [-0.1, -0.05) is 36.4 Å². The fourth-order valence-electron chi connectivity index (χ4n) is 3.25. The number of hydrogen-bond donors (Lipinski definition) is 1. The first kappa shape index (κ1) is 19.4. The van der Waals surface area contributed by atoms with Gasteiger partial charge in [0.15, 0.2) is 0 Å². The number of amides is 1. The van der Waals surface area contributed by atoms with E-state index in [1.807, 2.05) is 18.2 Å². The van der Waals surface area contributed by atoms with Gasteiger partial charge in [-0.2, -0.15) is 0 Å². The maximum atomic E-state index is 13.3. The van der Waals surface area contributed by atoms with E-state index >= 15 is 0 Å². The molecule has 6 heteroatoms. The van der Waals surface area contributed by atoms with Gasteiger partial charge in [-0.25, -0.2) is 4.39 Å². The van der Waals surface area contributed by atoms with E-state index in [0.29, 0.717) is 33.5 Å². The van der Waals surface area contributed by atoms with E-state index in [-0.39, 0.29) is 23.9 Å². The Bertz CT molecular complexity index is 1300. The molecular weight excluding hydrogens is 383 g/mol. The van der Waals surface area contributed by atoms with Gasteiger partial charge in [0.25, 0.3) is 11.5 Å². The predicted octanol–water partition coefficient (Wildman–Crippen LogP) is 4.51. The number of para-hydroxylation sites is 1. The van der Waals surface area contributed by atoms with Crippen LogP contribution in [0.5, 0.6) is 5.75 Å². The smallest absolute Gasteiger partial charge is 0.256 e.